The highest BCUT2D eigenvalue weighted by Gasteiger charge is 2.25. The smallest absolute Gasteiger partial charge is 0.318 e. The highest BCUT2D eigenvalue weighted by molar-refractivity contribution is 5.93. The Morgan fingerprint density at radius 3 is 2.00 bits per heavy atom. The molecule has 1 aromatic carbocycles. The molecule has 0 aliphatic heterocycles. The molecule has 0 unspecified atom stereocenters. The van der Waals surface area contributed by atoms with Crippen LogP contribution in [0, 0.1) is 5.92 Å². The third-order valence-electron chi connectivity index (χ3n) is 2.22. The number of rotatable bonds is 5. The molecule has 0 saturated heterocycles. The van der Waals surface area contributed by atoms with Crippen LogP contribution < -0.4 is 4.74 Å². The van der Waals surface area contributed by atoms with Gasteiger partial charge in [0, 0.05) is 6.92 Å². The largest absolute Gasteiger partial charge is 0.481 e. The molecule has 2 N–H and O–H groups in total. The highest BCUT2D eigenvalue weighted by atomic mass is 16.5. The van der Waals surface area contributed by atoms with Gasteiger partial charge in [0.2, 0.25) is 0 Å². The van der Waals surface area contributed by atoms with E-state index >= 15 is 0 Å². The highest BCUT2D eigenvalue weighted by Crippen LogP contribution is 2.15. The number of hydrogen-bond donors (Lipinski definition) is 2. The fourth-order valence-corrected chi connectivity index (χ4v) is 1.38. The van der Waals surface area contributed by atoms with E-state index in [0.717, 1.165) is 0 Å². The van der Waals surface area contributed by atoms with E-state index in [2.05, 4.69) is 0 Å². The lowest BCUT2D eigenvalue weighted by Gasteiger charge is -2.08. The molecule has 0 radical (unpaired) electrons. The first kappa shape index (κ1) is 13.7. The summed E-state index contributed by atoms with van der Waals surface area (Å²) in [5.41, 5.74) is 0.542. The van der Waals surface area contributed by atoms with Crippen molar-refractivity contribution in [2.24, 2.45) is 5.92 Å². The number of carbonyl (C=O) groups excluding carboxylic acids is 1. The molecule has 0 aliphatic rings. The van der Waals surface area contributed by atoms with Gasteiger partial charge in [0.1, 0.15) is 5.75 Å². The lowest BCUT2D eigenvalue weighted by atomic mass is 10.00. The third-order valence-corrected chi connectivity index (χ3v) is 2.22. The minimum atomic E-state index is -1.48. The van der Waals surface area contributed by atoms with Crippen LogP contribution in [0.3, 0.4) is 0 Å². The second kappa shape index (κ2) is 5.81. The Kier molecular flexibility index (Phi) is 4.42. The summed E-state index contributed by atoms with van der Waals surface area (Å²) in [5.74, 6) is -4.38. The Morgan fingerprint density at radius 1 is 1.11 bits per heavy atom. The molecule has 6 nitrogen and oxygen atoms in total. The van der Waals surface area contributed by atoms with Crippen molar-refractivity contribution in [2.75, 3.05) is 0 Å². The van der Waals surface area contributed by atoms with Crippen molar-refractivity contribution >= 4 is 17.9 Å². The fraction of sp³-hybridized carbons (Fsp3) is 0.250. The van der Waals surface area contributed by atoms with Crippen LogP contribution in [-0.4, -0.2) is 28.1 Å². The number of carboxylic acids is 2. The molecule has 0 bridgehead atoms. The molecular weight excluding hydrogens is 240 g/mol. The van der Waals surface area contributed by atoms with Crippen LogP contribution in [0.15, 0.2) is 24.3 Å². The number of aliphatic carboxylic acids is 2. The normalized spacial score (nSPS) is 10.1. The van der Waals surface area contributed by atoms with Crippen LogP contribution >= 0.6 is 0 Å². The molecule has 0 aliphatic carbocycles. The number of hydrogen-bond acceptors (Lipinski definition) is 4. The van der Waals surface area contributed by atoms with Gasteiger partial charge in [-0.15, -0.1) is 0 Å². The molecule has 0 atom stereocenters. The summed E-state index contributed by atoms with van der Waals surface area (Å²) in [6.07, 6.45) is -0.120. The van der Waals surface area contributed by atoms with Crippen molar-refractivity contribution in [3.63, 3.8) is 0 Å². The number of carbonyl (C=O) groups is 3. The van der Waals surface area contributed by atoms with Gasteiger partial charge in [0.15, 0.2) is 5.92 Å². The SMILES string of the molecule is CC(=O)Oc1ccc(CC(C(=O)O)C(=O)O)cc1. The topological polar surface area (TPSA) is 101 Å². The molecule has 6 heteroatoms. The zero-order valence-corrected chi connectivity index (χ0v) is 9.62. The molecule has 0 spiro atoms. The first-order valence-electron chi connectivity index (χ1n) is 5.13. The molecule has 0 heterocycles. The second-order valence-electron chi connectivity index (χ2n) is 3.67. The second-order valence-corrected chi connectivity index (χ2v) is 3.67. The van der Waals surface area contributed by atoms with Crippen LogP contribution in [0.25, 0.3) is 0 Å². The summed E-state index contributed by atoms with van der Waals surface area (Å²) in [6.45, 7) is 1.26. The minimum absolute atomic E-state index is 0.120. The molecular formula is C12H12O6. The van der Waals surface area contributed by atoms with Gasteiger partial charge in [0.05, 0.1) is 0 Å². The van der Waals surface area contributed by atoms with E-state index < -0.39 is 23.8 Å². The Hall–Kier alpha value is -2.37. The summed E-state index contributed by atoms with van der Waals surface area (Å²) in [5, 5.41) is 17.5. The monoisotopic (exact) mass is 252 g/mol. The van der Waals surface area contributed by atoms with E-state index in [1.54, 1.807) is 0 Å². The predicted octanol–water partition coefficient (Wildman–Crippen LogP) is 0.940. The zero-order valence-electron chi connectivity index (χ0n) is 9.62. The molecule has 0 amide bonds. The van der Waals surface area contributed by atoms with E-state index in [1.165, 1.54) is 31.2 Å². The summed E-state index contributed by atoms with van der Waals surface area (Å²) >= 11 is 0. The fourth-order valence-electron chi connectivity index (χ4n) is 1.38. The van der Waals surface area contributed by atoms with Gasteiger partial charge in [-0.2, -0.15) is 0 Å². The Morgan fingerprint density at radius 2 is 1.61 bits per heavy atom. The van der Waals surface area contributed by atoms with E-state index in [4.69, 9.17) is 14.9 Å². The van der Waals surface area contributed by atoms with Crippen LogP contribution in [0.2, 0.25) is 0 Å². The minimum Gasteiger partial charge on any atom is -0.481 e. The number of ether oxygens (including phenoxy) is 1. The van der Waals surface area contributed by atoms with E-state index in [9.17, 15) is 14.4 Å². The van der Waals surface area contributed by atoms with E-state index in [1.807, 2.05) is 0 Å². The maximum atomic E-state index is 10.7. The van der Waals surface area contributed by atoms with Crippen LogP contribution in [0.1, 0.15) is 12.5 Å². The standard InChI is InChI=1S/C12H12O6/c1-7(13)18-9-4-2-8(3-5-9)6-10(11(14)15)12(16)17/h2-5,10H,6H2,1H3,(H,14,15)(H,16,17). The maximum Gasteiger partial charge on any atom is 0.318 e. The van der Waals surface area contributed by atoms with Crippen molar-refractivity contribution in [3.8, 4) is 5.75 Å². The Bertz CT molecular complexity index is 448. The van der Waals surface area contributed by atoms with Crippen LogP contribution in [-0.2, 0) is 20.8 Å². The van der Waals surface area contributed by atoms with Gasteiger partial charge < -0.3 is 14.9 Å². The van der Waals surface area contributed by atoms with Gasteiger partial charge in [-0.1, -0.05) is 12.1 Å². The summed E-state index contributed by atoms with van der Waals surface area (Å²) in [4.78, 5) is 32.1. The predicted molar refractivity (Wildman–Crippen MR) is 60.2 cm³/mol. The molecule has 18 heavy (non-hydrogen) atoms. The van der Waals surface area contributed by atoms with Gasteiger partial charge in [-0.25, -0.2) is 0 Å². The van der Waals surface area contributed by atoms with Crippen molar-refractivity contribution < 1.29 is 29.3 Å². The van der Waals surface area contributed by atoms with Crippen molar-refractivity contribution in [2.45, 2.75) is 13.3 Å². The molecule has 1 rings (SSSR count). The van der Waals surface area contributed by atoms with Crippen LogP contribution in [0.5, 0.6) is 5.75 Å². The lowest BCUT2D eigenvalue weighted by molar-refractivity contribution is -0.154. The molecule has 0 fully saturated rings. The van der Waals surface area contributed by atoms with Gasteiger partial charge in [-0.3, -0.25) is 14.4 Å². The van der Waals surface area contributed by atoms with Crippen molar-refractivity contribution in [3.05, 3.63) is 29.8 Å². The van der Waals surface area contributed by atoms with Gasteiger partial charge >= 0.3 is 17.9 Å². The van der Waals surface area contributed by atoms with Gasteiger partial charge in [0.25, 0.3) is 0 Å². The third kappa shape index (κ3) is 3.89. The van der Waals surface area contributed by atoms with Crippen molar-refractivity contribution in [1.82, 2.24) is 0 Å². The number of esters is 1. The number of benzene rings is 1. The summed E-state index contributed by atoms with van der Waals surface area (Å²) in [7, 11) is 0. The molecule has 0 aromatic heterocycles. The lowest BCUT2D eigenvalue weighted by Crippen LogP contribution is -2.25. The summed E-state index contributed by atoms with van der Waals surface area (Å²) < 4.78 is 4.80. The van der Waals surface area contributed by atoms with E-state index in [0.29, 0.717) is 11.3 Å². The maximum absolute atomic E-state index is 10.7. The molecule has 96 valence electrons. The zero-order chi connectivity index (χ0) is 13.7. The average Bonchev–Trinajstić information content (AvgIpc) is 2.26. The van der Waals surface area contributed by atoms with E-state index in [-0.39, 0.29) is 6.42 Å². The molecule has 1 aromatic rings. The first-order valence-corrected chi connectivity index (χ1v) is 5.13. The van der Waals surface area contributed by atoms with Gasteiger partial charge in [-0.05, 0) is 24.1 Å². The quantitative estimate of drug-likeness (QED) is 0.459. The number of carboxylic acid groups (broad SMARTS) is 2. The Labute approximate surface area is 103 Å². The first-order chi connectivity index (χ1) is 8.40. The molecule has 0 saturated carbocycles. The summed E-state index contributed by atoms with van der Waals surface area (Å²) in [6, 6.07) is 6.02. The van der Waals surface area contributed by atoms with Crippen molar-refractivity contribution in [1.29, 1.82) is 0 Å². The van der Waals surface area contributed by atoms with Crippen LogP contribution in [0.4, 0.5) is 0 Å². The average molecular weight is 252 g/mol. The Balaban J connectivity index is 2.76.